The SMILES string of the molecule is CN(C)C1CCN(c2nc3sccn3c2CBr)C1. The molecule has 1 fully saturated rings. The number of anilines is 1. The van der Waals surface area contributed by atoms with Gasteiger partial charge in [-0.1, -0.05) is 15.9 Å². The lowest BCUT2D eigenvalue weighted by molar-refractivity contribution is 0.315. The van der Waals surface area contributed by atoms with Crippen LogP contribution in [-0.4, -0.2) is 47.5 Å². The monoisotopic (exact) mass is 328 g/mol. The highest BCUT2D eigenvalue weighted by molar-refractivity contribution is 9.08. The van der Waals surface area contributed by atoms with Gasteiger partial charge in [-0.2, -0.15) is 0 Å². The quantitative estimate of drug-likeness (QED) is 0.808. The summed E-state index contributed by atoms with van der Waals surface area (Å²) >= 11 is 5.29. The van der Waals surface area contributed by atoms with E-state index in [1.54, 1.807) is 11.3 Å². The lowest BCUT2D eigenvalue weighted by Gasteiger charge is -2.20. The fraction of sp³-hybridized carbons (Fsp3) is 0.583. The third-order valence-electron chi connectivity index (χ3n) is 3.66. The number of nitrogens with zero attached hydrogens (tertiary/aromatic N) is 4. The van der Waals surface area contributed by atoms with Crippen molar-refractivity contribution >= 4 is 38.0 Å². The van der Waals surface area contributed by atoms with Crippen molar-refractivity contribution in [2.75, 3.05) is 32.1 Å². The minimum Gasteiger partial charge on any atom is -0.353 e. The van der Waals surface area contributed by atoms with Crippen LogP contribution in [-0.2, 0) is 5.33 Å². The standard InChI is InChI=1S/C12H17BrN4S/c1-15(2)9-3-4-16(8-9)11-10(7-13)17-5-6-18-12(17)14-11/h5-6,9H,3-4,7-8H2,1-2H3. The zero-order chi connectivity index (χ0) is 12.7. The van der Waals surface area contributed by atoms with Crippen molar-refractivity contribution in [1.82, 2.24) is 14.3 Å². The molecule has 3 heterocycles. The average molecular weight is 329 g/mol. The van der Waals surface area contributed by atoms with Gasteiger partial charge in [0.15, 0.2) is 10.8 Å². The largest absolute Gasteiger partial charge is 0.353 e. The van der Waals surface area contributed by atoms with Crippen LogP contribution in [0.3, 0.4) is 0 Å². The molecular weight excluding hydrogens is 312 g/mol. The maximum absolute atomic E-state index is 4.78. The predicted molar refractivity (Wildman–Crippen MR) is 80.0 cm³/mol. The molecule has 98 valence electrons. The van der Waals surface area contributed by atoms with E-state index in [9.17, 15) is 0 Å². The van der Waals surface area contributed by atoms with E-state index in [0.717, 1.165) is 29.2 Å². The Morgan fingerprint density at radius 1 is 1.56 bits per heavy atom. The van der Waals surface area contributed by atoms with E-state index < -0.39 is 0 Å². The Morgan fingerprint density at radius 2 is 2.39 bits per heavy atom. The number of halogens is 1. The molecule has 1 unspecified atom stereocenters. The highest BCUT2D eigenvalue weighted by atomic mass is 79.9. The first-order valence-electron chi connectivity index (χ1n) is 6.12. The lowest BCUT2D eigenvalue weighted by Crippen LogP contribution is -2.31. The maximum Gasteiger partial charge on any atom is 0.195 e. The Bertz CT molecular complexity index is 547. The number of alkyl halides is 1. The summed E-state index contributed by atoms with van der Waals surface area (Å²) in [5.41, 5.74) is 1.27. The number of aromatic nitrogens is 2. The van der Waals surface area contributed by atoms with Crippen molar-refractivity contribution in [2.45, 2.75) is 17.8 Å². The van der Waals surface area contributed by atoms with E-state index in [-0.39, 0.29) is 0 Å². The fourth-order valence-electron chi connectivity index (χ4n) is 2.55. The summed E-state index contributed by atoms with van der Waals surface area (Å²) in [6.07, 6.45) is 3.33. The molecule has 1 saturated heterocycles. The van der Waals surface area contributed by atoms with Crippen LogP contribution in [0.1, 0.15) is 12.1 Å². The van der Waals surface area contributed by atoms with E-state index in [2.05, 4.69) is 55.8 Å². The summed E-state index contributed by atoms with van der Waals surface area (Å²) in [4.78, 5) is 10.6. The van der Waals surface area contributed by atoms with Crippen molar-refractivity contribution < 1.29 is 0 Å². The minimum absolute atomic E-state index is 0.646. The Labute approximate surface area is 119 Å². The minimum atomic E-state index is 0.646. The van der Waals surface area contributed by atoms with Crippen LogP contribution in [0.25, 0.3) is 4.96 Å². The number of likely N-dealkylation sites (N-methyl/N-ethyl adjacent to an activating group) is 1. The first kappa shape index (κ1) is 12.4. The lowest BCUT2D eigenvalue weighted by atomic mass is 10.2. The molecule has 0 amide bonds. The summed E-state index contributed by atoms with van der Waals surface area (Å²) < 4.78 is 2.19. The molecule has 6 heteroatoms. The van der Waals surface area contributed by atoms with E-state index in [4.69, 9.17) is 4.98 Å². The molecular formula is C12H17BrN4S. The summed E-state index contributed by atoms with van der Waals surface area (Å²) in [6, 6.07) is 0.646. The van der Waals surface area contributed by atoms with Gasteiger partial charge in [-0.15, -0.1) is 11.3 Å². The van der Waals surface area contributed by atoms with Gasteiger partial charge >= 0.3 is 0 Å². The van der Waals surface area contributed by atoms with Gasteiger partial charge < -0.3 is 9.80 Å². The second kappa shape index (κ2) is 4.83. The van der Waals surface area contributed by atoms with Crippen LogP contribution in [0.4, 0.5) is 5.82 Å². The molecule has 18 heavy (non-hydrogen) atoms. The summed E-state index contributed by atoms with van der Waals surface area (Å²) in [7, 11) is 4.32. The zero-order valence-corrected chi connectivity index (χ0v) is 13.0. The number of hydrogen-bond donors (Lipinski definition) is 0. The predicted octanol–water partition coefficient (Wildman–Crippen LogP) is 2.43. The Balaban J connectivity index is 1.92. The smallest absolute Gasteiger partial charge is 0.195 e. The molecule has 2 aromatic heterocycles. The normalized spacial score (nSPS) is 20.4. The summed E-state index contributed by atoms with van der Waals surface area (Å²) in [6.45, 7) is 2.19. The topological polar surface area (TPSA) is 23.8 Å². The third-order valence-corrected chi connectivity index (χ3v) is 4.95. The van der Waals surface area contributed by atoms with Gasteiger partial charge in [0.2, 0.25) is 0 Å². The van der Waals surface area contributed by atoms with Crippen molar-refractivity contribution in [2.24, 2.45) is 0 Å². The number of imidazole rings is 1. The van der Waals surface area contributed by atoms with Crippen molar-refractivity contribution in [3.8, 4) is 0 Å². The van der Waals surface area contributed by atoms with E-state index in [0.29, 0.717) is 6.04 Å². The molecule has 1 atom stereocenters. The molecule has 0 N–H and O–H groups in total. The van der Waals surface area contributed by atoms with Crippen LogP contribution in [0.5, 0.6) is 0 Å². The second-order valence-corrected chi connectivity index (χ2v) is 6.36. The van der Waals surface area contributed by atoms with E-state index in [1.165, 1.54) is 12.1 Å². The molecule has 0 saturated carbocycles. The Hall–Kier alpha value is -0.590. The second-order valence-electron chi connectivity index (χ2n) is 4.92. The molecule has 3 rings (SSSR count). The molecule has 1 aliphatic heterocycles. The van der Waals surface area contributed by atoms with E-state index >= 15 is 0 Å². The third kappa shape index (κ3) is 1.96. The maximum atomic E-state index is 4.78. The summed E-state index contributed by atoms with van der Waals surface area (Å²) in [5, 5.41) is 2.94. The average Bonchev–Trinajstić information content (AvgIpc) is 3.02. The van der Waals surface area contributed by atoms with Crippen LogP contribution < -0.4 is 4.90 Å². The summed E-state index contributed by atoms with van der Waals surface area (Å²) in [5.74, 6) is 1.16. The number of hydrogen-bond acceptors (Lipinski definition) is 4. The van der Waals surface area contributed by atoms with Gasteiger partial charge in [-0.05, 0) is 20.5 Å². The molecule has 2 aromatic rings. The van der Waals surface area contributed by atoms with Gasteiger partial charge in [0.1, 0.15) is 0 Å². The van der Waals surface area contributed by atoms with Crippen molar-refractivity contribution in [3.05, 3.63) is 17.3 Å². The Kier molecular flexibility index (Phi) is 3.34. The van der Waals surface area contributed by atoms with Gasteiger partial charge in [0, 0.05) is 36.0 Å². The van der Waals surface area contributed by atoms with Crippen LogP contribution in [0.15, 0.2) is 11.6 Å². The molecule has 0 aliphatic carbocycles. The molecule has 4 nitrogen and oxygen atoms in total. The zero-order valence-electron chi connectivity index (χ0n) is 10.6. The van der Waals surface area contributed by atoms with Gasteiger partial charge in [0.25, 0.3) is 0 Å². The molecule has 0 bridgehead atoms. The van der Waals surface area contributed by atoms with Crippen molar-refractivity contribution in [3.63, 3.8) is 0 Å². The van der Waals surface area contributed by atoms with Crippen LogP contribution >= 0.6 is 27.3 Å². The van der Waals surface area contributed by atoms with Crippen LogP contribution in [0.2, 0.25) is 0 Å². The van der Waals surface area contributed by atoms with Gasteiger partial charge in [-0.25, -0.2) is 4.98 Å². The first-order chi connectivity index (χ1) is 8.70. The molecule has 0 radical (unpaired) electrons. The molecule has 0 aromatic carbocycles. The van der Waals surface area contributed by atoms with Crippen molar-refractivity contribution in [1.29, 1.82) is 0 Å². The Morgan fingerprint density at radius 3 is 3.06 bits per heavy atom. The number of thiazole rings is 1. The fourth-order valence-corrected chi connectivity index (χ4v) is 3.80. The van der Waals surface area contributed by atoms with E-state index in [1.807, 2.05) is 0 Å². The first-order valence-corrected chi connectivity index (χ1v) is 8.12. The van der Waals surface area contributed by atoms with Gasteiger partial charge in [-0.3, -0.25) is 4.40 Å². The number of rotatable bonds is 3. The van der Waals surface area contributed by atoms with Crippen LogP contribution in [0, 0.1) is 0 Å². The highest BCUT2D eigenvalue weighted by Crippen LogP contribution is 2.29. The van der Waals surface area contributed by atoms with Gasteiger partial charge in [0.05, 0.1) is 5.69 Å². The molecule has 0 spiro atoms. The number of fused-ring (bicyclic) bond motifs is 1. The highest BCUT2D eigenvalue weighted by Gasteiger charge is 2.27. The molecule has 1 aliphatic rings.